The molecule has 1 saturated heterocycles. The van der Waals surface area contributed by atoms with Crippen LogP contribution in [-0.2, 0) is 11.3 Å². The van der Waals surface area contributed by atoms with Crippen LogP contribution >= 0.6 is 11.6 Å². The van der Waals surface area contributed by atoms with Crippen molar-refractivity contribution in [2.75, 3.05) is 20.2 Å². The van der Waals surface area contributed by atoms with Crippen LogP contribution in [0.3, 0.4) is 0 Å². The Hall–Kier alpha value is -3.38. The Morgan fingerprint density at radius 3 is 2.55 bits per heavy atom. The van der Waals surface area contributed by atoms with Crippen LogP contribution < -0.4 is 10.1 Å². The lowest BCUT2D eigenvalue weighted by atomic mass is 9.88. The molecule has 1 fully saturated rings. The normalized spacial score (nSPS) is 17.6. The van der Waals surface area contributed by atoms with Gasteiger partial charge in [-0.15, -0.1) is 0 Å². The summed E-state index contributed by atoms with van der Waals surface area (Å²) in [6.45, 7) is 0.957. The summed E-state index contributed by atoms with van der Waals surface area (Å²) in [4.78, 5) is 28.1. The molecule has 1 heterocycles. The van der Waals surface area contributed by atoms with Crippen molar-refractivity contribution in [1.29, 1.82) is 0 Å². The van der Waals surface area contributed by atoms with Gasteiger partial charge in [-0.1, -0.05) is 41.9 Å². The minimum absolute atomic E-state index is 0.159. The monoisotopic (exact) mass is 466 g/mol. The van der Waals surface area contributed by atoms with Crippen molar-refractivity contribution in [3.63, 3.8) is 0 Å². The van der Waals surface area contributed by atoms with E-state index in [0.29, 0.717) is 22.9 Å². The lowest BCUT2D eigenvalue weighted by Crippen LogP contribution is -2.35. The molecular formula is C26H24ClFN2O3. The predicted molar refractivity (Wildman–Crippen MR) is 125 cm³/mol. The second-order valence-electron chi connectivity index (χ2n) is 8.05. The standard InChI is InChI=1S/C26H24ClFN2O3/c1-33-22-7-3-4-18(13-22)23-15-30(26(32)19-5-2-6-20(27)12-19)16-24(23)25(31)29-14-17-8-10-21(28)11-9-17/h2-13,23-24H,14-16H2,1H3,(H,29,31)/t23-,24+/m0/s1. The highest BCUT2D eigenvalue weighted by Crippen LogP contribution is 2.35. The molecule has 2 amide bonds. The number of carbonyl (C=O) groups is 2. The van der Waals surface area contributed by atoms with E-state index in [1.165, 1.54) is 12.1 Å². The Balaban J connectivity index is 1.56. The first kappa shape index (κ1) is 22.8. The predicted octanol–water partition coefficient (Wildman–Crippen LogP) is 4.66. The van der Waals surface area contributed by atoms with Crippen LogP contribution in [-0.4, -0.2) is 36.9 Å². The molecule has 0 bridgehead atoms. The van der Waals surface area contributed by atoms with Crippen LogP contribution in [0.2, 0.25) is 5.02 Å². The number of nitrogens with one attached hydrogen (secondary N) is 1. The lowest BCUT2D eigenvalue weighted by molar-refractivity contribution is -0.125. The minimum Gasteiger partial charge on any atom is -0.497 e. The second kappa shape index (κ2) is 10.0. The SMILES string of the molecule is COc1cccc([C@@H]2CN(C(=O)c3cccc(Cl)c3)C[C@H]2C(=O)NCc2ccc(F)cc2)c1. The highest BCUT2D eigenvalue weighted by molar-refractivity contribution is 6.30. The molecule has 1 N–H and O–H groups in total. The van der Waals surface area contributed by atoms with Gasteiger partial charge in [-0.25, -0.2) is 4.39 Å². The minimum atomic E-state index is -0.444. The number of halogens is 2. The second-order valence-corrected chi connectivity index (χ2v) is 8.49. The molecule has 0 saturated carbocycles. The number of hydrogen-bond acceptors (Lipinski definition) is 3. The van der Waals surface area contributed by atoms with Crippen LogP contribution in [0.15, 0.2) is 72.8 Å². The van der Waals surface area contributed by atoms with Crippen LogP contribution in [0, 0.1) is 11.7 Å². The largest absolute Gasteiger partial charge is 0.497 e. The third kappa shape index (κ3) is 5.34. The highest BCUT2D eigenvalue weighted by atomic mass is 35.5. The van der Waals surface area contributed by atoms with Crippen molar-refractivity contribution in [2.45, 2.75) is 12.5 Å². The summed E-state index contributed by atoms with van der Waals surface area (Å²) in [6.07, 6.45) is 0. The number of amides is 2. The molecular weight excluding hydrogens is 443 g/mol. The van der Waals surface area contributed by atoms with Crippen molar-refractivity contribution in [2.24, 2.45) is 5.92 Å². The Morgan fingerprint density at radius 1 is 1.06 bits per heavy atom. The maximum absolute atomic E-state index is 13.2. The van der Waals surface area contributed by atoms with Crippen molar-refractivity contribution in [3.8, 4) is 5.75 Å². The van der Waals surface area contributed by atoms with Gasteiger partial charge in [-0.3, -0.25) is 9.59 Å². The number of hydrogen-bond donors (Lipinski definition) is 1. The number of ether oxygens (including phenoxy) is 1. The average Bonchev–Trinajstić information content (AvgIpc) is 3.29. The van der Waals surface area contributed by atoms with Gasteiger partial charge < -0.3 is 15.0 Å². The van der Waals surface area contributed by atoms with Crippen molar-refractivity contribution < 1.29 is 18.7 Å². The van der Waals surface area contributed by atoms with Gasteiger partial charge in [0.2, 0.25) is 5.91 Å². The summed E-state index contributed by atoms with van der Waals surface area (Å²) in [6, 6.07) is 20.4. The van der Waals surface area contributed by atoms with Gasteiger partial charge in [0, 0.05) is 36.1 Å². The molecule has 33 heavy (non-hydrogen) atoms. The van der Waals surface area contributed by atoms with E-state index in [9.17, 15) is 14.0 Å². The van der Waals surface area contributed by atoms with Crippen LogP contribution in [0.4, 0.5) is 4.39 Å². The zero-order valence-corrected chi connectivity index (χ0v) is 18.9. The number of nitrogens with zero attached hydrogens (tertiary/aromatic N) is 1. The fourth-order valence-electron chi connectivity index (χ4n) is 4.17. The van der Waals surface area contributed by atoms with Crippen LogP contribution in [0.25, 0.3) is 0 Å². The van der Waals surface area contributed by atoms with Gasteiger partial charge in [0.1, 0.15) is 11.6 Å². The van der Waals surface area contributed by atoms with Crippen molar-refractivity contribution in [3.05, 3.63) is 100 Å². The fourth-order valence-corrected chi connectivity index (χ4v) is 4.36. The lowest BCUT2D eigenvalue weighted by Gasteiger charge is -2.18. The summed E-state index contributed by atoms with van der Waals surface area (Å²) >= 11 is 6.07. The van der Waals surface area contributed by atoms with Crippen LogP contribution in [0.1, 0.15) is 27.4 Å². The van der Waals surface area contributed by atoms with Gasteiger partial charge in [0.15, 0.2) is 0 Å². The number of benzene rings is 3. The molecule has 2 atom stereocenters. The zero-order chi connectivity index (χ0) is 23.4. The Morgan fingerprint density at radius 2 is 1.82 bits per heavy atom. The Kier molecular flexibility index (Phi) is 6.94. The first-order chi connectivity index (χ1) is 15.9. The van der Waals surface area contributed by atoms with Crippen molar-refractivity contribution >= 4 is 23.4 Å². The maximum atomic E-state index is 13.2. The first-order valence-corrected chi connectivity index (χ1v) is 11.0. The molecule has 0 unspecified atom stereocenters. The van der Waals surface area contributed by atoms with E-state index in [1.807, 2.05) is 24.3 Å². The first-order valence-electron chi connectivity index (χ1n) is 10.7. The number of rotatable bonds is 6. The quantitative estimate of drug-likeness (QED) is 0.574. The summed E-state index contributed by atoms with van der Waals surface area (Å²) in [7, 11) is 1.59. The molecule has 0 radical (unpaired) electrons. The van der Waals surface area contributed by atoms with Gasteiger partial charge in [-0.2, -0.15) is 0 Å². The van der Waals surface area contributed by atoms with Gasteiger partial charge in [0.25, 0.3) is 5.91 Å². The number of methoxy groups -OCH3 is 1. The molecule has 4 rings (SSSR count). The van der Waals surface area contributed by atoms with Crippen LogP contribution in [0.5, 0.6) is 5.75 Å². The Labute approximate surface area is 197 Å². The average molecular weight is 467 g/mol. The van der Waals surface area contributed by atoms with Crippen molar-refractivity contribution in [1.82, 2.24) is 10.2 Å². The molecule has 1 aliphatic heterocycles. The summed E-state index contributed by atoms with van der Waals surface area (Å²) < 4.78 is 18.5. The summed E-state index contributed by atoms with van der Waals surface area (Å²) in [5.41, 5.74) is 2.21. The zero-order valence-electron chi connectivity index (χ0n) is 18.1. The Bertz CT molecular complexity index is 1150. The molecule has 1 aliphatic rings. The topological polar surface area (TPSA) is 58.6 Å². The smallest absolute Gasteiger partial charge is 0.253 e. The van der Waals surface area contributed by atoms with E-state index >= 15 is 0 Å². The van der Waals surface area contributed by atoms with E-state index in [1.54, 1.807) is 48.4 Å². The molecule has 3 aromatic rings. The molecule has 0 aromatic heterocycles. The van der Waals surface area contributed by atoms with E-state index in [4.69, 9.17) is 16.3 Å². The molecule has 0 aliphatic carbocycles. The van der Waals surface area contributed by atoms with E-state index in [2.05, 4.69) is 5.32 Å². The summed E-state index contributed by atoms with van der Waals surface area (Å²) in [5.74, 6) is -0.600. The molecule has 170 valence electrons. The third-order valence-corrected chi connectivity index (χ3v) is 6.15. The highest BCUT2D eigenvalue weighted by Gasteiger charge is 2.40. The van der Waals surface area contributed by atoms with E-state index in [-0.39, 0.29) is 36.6 Å². The van der Waals surface area contributed by atoms with E-state index < -0.39 is 5.92 Å². The third-order valence-electron chi connectivity index (χ3n) is 5.92. The van der Waals surface area contributed by atoms with Gasteiger partial charge >= 0.3 is 0 Å². The van der Waals surface area contributed by atoms with E-state index in [0.717, 1.165) is 11.1 Å². The molecule has 5 nitrogen and oxygen atoms in total. The maximum Gasteiger partial charge on any atom is 0.253 e. The molecule has 7 heteroatoms. The molecule has 3 aromatic carbocycles. The van der Waals surface area contributed by atoms with Gasteiger partial charge in [-0.05, 0) is 53.6 Å². The molecule has 0 spiro atoms. The van der Waals surface area contributed by atoms with Gasteiger partial charge in [0.05, 0.1) is 13.0 Å². The number of carbonyl (C=O) groups excluding carboxylic acids is 2. The number of likely N-dealkylation sites (tertiary alicyclic amines) is 1. The summed E-state index contributed by atoms with van der Waals surface area (Å²) in [5, 5.41) is 3.43. The fraction of sp³-hybridized carbons (Fsp3) is 0.231.